The summed E-state index contributed by atoms with van der Waals surface area (Å²) in [6.07, 6.45) is 18.2. The summed E-state index contributed by atoms with van der Waals surface area (Å²) in [5.41, 5.74) is 5.93. The van der Waals surface area contributed by atoms with Crippen LogP contribution in [0.3, 0.4) is 0 Å². The Labute approximate surface area is 236 Å². The highest BCUT2D eigenvalue weighted by atomic mass is 19.1. The van der Waals surface area contributed by atoms with Crippen molar-refractivity contribution in [3.63, 3.8) is 0 Å². The molecular weight excluding hydrogens is 475 g/mol. The van der Waals surface area contributed by atoms with Gasteiger partial charge in [0.1, 0.15) is 5.82 Å². The van der Waals surface area contributed by atoms with Crippen LogP contribution < -0.4 is 0 Å². The molecule has 2 aliphatic rings. The lowest BCUT2D eigenvalue weighted by Crippen LogP contribution is -2.15. The van der Waals surface area contributed by atoms with E-state index in [-0.39, 0.29) is 5.82 Å². The number of rotatable bonds is 9. The zero-order valence-corrected chi connectivity index (χ0v) is 24.1. The van der Waals surface area contributed by atoms with Crippen molar-refractivity contribution in [2.75, 3.05) is 0 Å². The average Bonchev–Trinajstić information content (AvgIpc) is 2.98. The summed E-state index contributed by atoms with van der Waals surface area (Å²) >= 11 is 0. The molecule has 0 radical (unpaired) electrons. The highest BCUT2D eigenvalue weighted by molar-refractivity contribution is 5.70. The van der Waals surface area contributed by atoms with E-state index >= 15 is 4.39 Å². The molecule has 3 aromatic rings. The van der Waals surface area contributed by atoms with Crippen LogP contribution in [0.25, 0.3) is 12.2 Å². The fraction of sp³-hybridized carbons (Fsp3) is 0.474. The lowest BCUT2D eigenvalue weighted by atomic mass is 9.75. The van der Waals surface area contributed by atoms with Crippen LogP contribution in [0.4, 0.5) is 4.39 Å². The molecule has 0 spiro atoms. The van der Waals surface area contributed by atoms with Crippen LogP contribution in [0.15, 0.2) is 72.8 Å². The van der Waals surface area contributed by atoms with Gasteiger partial charge < -0.3 is 0 Å². The number of hydrogen-bond acceptors (Lipinski definition) is 0. The van der Waals surface area contributed by atoms with Crippen molar-refractivity contribution in [2.24, 2.45) is 11.8 Å². The molecule has 206 valence electrons. The van der Waals surface area contributed by atoms with Crippen LogP contribution in [0.2, 0.25) is 0 Å². The van der Waals surface area contributed by atoms with Crippen molar-refractivity contribution < 1.29 is 4.39 Å². The van der Waals surface area contributed by atoms with Crippen LogP contribution in [0.5, 0.6) is 0 Å². The molecule has 3 aromatic carbocycles. The molecule has 0 aromatic heterocycles. The van der Waals surface area contributed by atoms with Gasteiger partial charge in [-0.15, -0.1) is 0 Å². The van der Waals surface area contributed by atoms with E-state index in [2.05, 4.69) is 80.6 Å². The third kappa shape index (κ3) is 7.50. The molecule has 2 fully saturated rings. The first-order chi connectivity index (χ1) is 19.1. The smallest absolute Gasteiger partial charge is 0.130 e. The SMILES string of the molecule is CCCC1CCC(c2ccc(/C=C/c3ccc(C4CCC(CC(C)c5ccccc5)CC4)cc3F)cc2)CC1. The predicted molar refractivity (Wildman–Crippen MR) is 166 cm³/mol. The van der Waals surface area contributed by atoms with Gasteiger partial charge in [0.15, 0.2) is 0 Å². The lowest BCUT2D eigenvalue weighted by Gasteiger charge is -2.30. The standard InChI is InChI=1S/C38H47F/c1-3-7-29-10-17-33(18-11-29)34-19-12-30(13-20-34)14-23-36-24-25-37(27-38(36)39)35-21-15-31(16-22-35)26-28(2)32-8-5-4-6-9-32/h4-6,8-9,12-14,19-20,23-25,27-29,31,33,35H,3,7,10-11,15-18,21-22,26H2,1-2H3/b23-14+. The largest absolute Gasteiger partial charge is 0.206 e. The van der Waals surface area contributed by atoms with E-state index in [0.29, 0.717) is 23.3 Å². The lowest BCUT2D eigenvalue weighted by molar-refractivity contribution is 0.297. The highest BCUT2D eigenvalue weighted by Gasteiger charge is 2.25. The normalized spacial score (nSPS) is 24.6. The summed E-state index contributed by atoms with van der Waals surface area (Å²) < 4.78 is 15.1. The van der Waals surface area contributed by atoms with Crippen molar-refractivity contribution in [2.45, 2.75) is 102 Å². The minimum atomic E-state index is -0.0935. The van der Waals surface area contributed by atoms with E-state index in [1.54, 1.807) is 6.07 Å². The summed E-state index contributed by atoms with van der Waals surface area (Å²) in [6, 6.07) is 25.8. The van der Waals surface area contributed by atoms with Gasteiger partial charge in [0.2, 0.25) is 0 Å². The number of benzene rings is 3. The molecule has 39 heavy (non-hydrogen) atoms. The van der Waals surface area contributed by atoms with Gasteiger partial charge in [0.25, 0.3) is 0 Å². The Hall–Kier alpha value is -2.67. The van der Waals surface area contributed by atoms with Crippen LogP contribution in [0.1, 0.15) is 130 Å². The van der Waals surface area contributed by atoms with Crippen molar-refractivity contribution in [1.82, 2.24) is 0 Å². The average molecular weight is 523 g/mol. The van der Waals surface area contributed by atoms with Crippen molar-refractivity contribution >= 4 is 12.2 Å². The van der Waals surface area contributed by atoms with Gasteiger partial charge in [-0.2, -0.15) is 0 Å². The fourth-order valence-corrected chi connectivity index (χ4v) is 7.34. The van der Waals surface area contributed by atoms with E-state index in [1.807, 2.05) is 12.1 Å². The van der Waals surface area contributed by atoms with Gasteiger partial charge in [-0.05, 0) is 116 Å². The molecule has 1 atom stereocenters. The molecule has 0 amide bonds. The van der Waals surface area contributed by atoms with Crippen LogP contribution >= 0.6 is 0 Å². The molecule has 0 heterocycles. The van der Waals surface area contributed by atoms with Crippen molar-refractivity contribution in [1.29, 1.82) is 0 Å². The fourth-order valence-electron chi connectivity index (χ4n) is 7.34. The number of halogens is 1. The second kappa shape index (κ2) is 13.6. The Morgan fingerprint density at radius 3 is 1.97 bits per heavy atom. The molecule has 0 bridgehead atoms. The monoisotopic (exact) mass is 522 g/mol. The summed E-state index contributed by atoms with van der Waals surface area (Å²) in [4.78, 5) is 0. The van der Waals surface area contributed by atoms with E-state index in [4.69, 9.17) is 0 Å². The molecule has 1 unspecified atom stereocenters. The Bertz CT molecular complexity index is 1180. The first kappa shape index (κ1) is 27.9. The topological polar surface area (TPSA) is 0 Å². The Morgan fingerprint density at radius 2 is 1.33 bits per heavy atom. The maximum absolute atomic E-state index is 15.1. The van der Waals surface area contributed by atoms with Crippen LogP contribution in [-0.4, -0.2) is 0 Å². The molecule has 1 heteroatoms. The maximum atomic E-state index is 15.1. The molecule has 2 saturated carbocycles. The third-order valence-corrected chi connectivity index (χ3v) is 9.81. The second-order valence-corrected chi connectivity index (χ2v) is 12.6. The van der Waals surface area contributed by atoms with Crippen molar-refractivity contribution in [3.8, 4) is 0 Å². The third-order valence-electron chi connectivity index (χ3n) is 9.81. The van der Waals surface area contributed by atoms with Gasteiger partial charge in [-0.25, -0.2) is 4.39 Å². The summed E-state index contributed by atoms with van der Waals surface area (Å²) in [6.45, 7) is 4.66. The summed E-state index contributed by atoms with van der Waals surface area (Å²) in [5, 5.41) is 0. The molecule has 0 nitrogen and oxygen atoms in total. The molecule has 0 saturated heterocycles. The van der Waals surface area contributed by atoms with E-state index < -0.39 is 0 Å². The predicted octanol–water partition coefficient (Wildman–Crippen LogP) is 11.5. The van der Waals surface area contributed by atoms with Crippen LogP contribution in [-0.2, 0) is 0 Å². The minimum Gasteiger partial charge on any atom is -0.206 e. The Morgan fingerprint density at radius 1 is 0.718 bits per heavy atom. The first-order valence-corrected chi connectivity index (χ1v) is 15.7. The maximum Gasteiger partial charge on any atom is 0.130 e. The van der Waals surface area contributed by atoms with Crippen molar-refractivity contribution in [3.05, 3.63) is 106 Å². The molecule has 0 N–H and O–H groups in total. The summed E-state index contributed by atoms with van der Waals surface area (Å²) in [7, 11) is 0. The zero-order valence-electron chi connectivity index (χ0n) is 24.1. The van der Waals surface area contributed by atoms with E-state index in [9.17, 15) is 0 Å². The second-order valence-electron chi connectivity index (χ2n) is 12.6. The molecule has 2 aliphatic carbocycles. The first-order valence-electron chi connectivity index (χ1n) is 15.7. The molecule has 0 aliphatic heterocycles. The molecular formula is C38H47F. The Balaban J connectivity index is 1.12. The van der Waals surface area contributed by atoms with Gasteiger partial charge >= 0.3 is 0 Å². The molecule has 5 rings (SSSR count). The zero-order chi connectivity index (χ0) is 27.0. The van der Waals surface area contributed by atoms with Gasteiger partial charge in [0, 0.05) is 5.56 Å². The minimum absolute atomic E-state index is 0.0935. The Kier molecular flexibility index (Phi) is 9.72. The van der Waals surface area contributed by atoms with Crippen LogP contribution in [0, 0.1) is 17.7 Å². The quantitative estimate of drug-likeness (QED) is 0.245. The van der Waals surface area contributed by atoms with E-state index in [0.717, 1.165) is 17.4 Å². The van der Waals surface area contributed by atoms with Gasteiger partial charge in [-0.3, -0.25) is 0 Å². The van der Waals surface area contributed by atoms with E-state index in [1.165, 1.54) is 87.3 Å². The highest BCUT2D eigenvalue weighted by Crippen LogP contribution is 2.40. The van der Waals surface area contributed by atoms with Gasteiger partial charge in [-0.1, -0.05) is 106 Å². The van der Waals surface area contributed by atoms with Gasteiger partial charge in [0.05, 0.1) is 0 Å². The summed E-state index contributed by atoms with van der Waals surface area (Å²) in [5.74, 6) is 3.44. The number of hydrogen-bond donors (Lipinski definition) is 0.